The molecule has 1 rings (SSSR count). The Morgan fingerprint density at radius 1 is 1.12 bits per heavy atom. The van der Waals surface area contributed by atoms with Crippen LogP contribution in [0.2, 0.25) is 0 Å². The van der Waals surface area contributed by atoms with Crippen LogP contribution in [0.4, 0.5) is 0 Å². The molecule has 1 aliphatic rings. The quantitative estimate of drug-likeness (QED) is 0.264. The molecule has 0 radical (unpaired) electrons. The third-order valence-electron chi connectivity index (χ3n) is 4.67. The molecule has 0 saturated carbocycles. The van der Waals surface area contributed by atoms with Gasteiger partial charge in [0.1, 0.15) is 5.76 Å². The van der Waals surface area contributed by atoms with Crippen LogP contribution < -0.4 is 0 Å². The first-order valence-electron chi connectivity index (χ1n) is 9.99. The summed E-state index contributed by atoms with van der Waals surface area (Å²) in [6.45, 7) is 4.94. The Morgan fingerprint density at radius 2 is 1.88 bits per heavy atom. The zero-order chi connectivity index (χ0) is 18.5. The van der Waals surface area contributed by atoms with E-state index >= 15 is 0 Å². The maximum Gasteiger partial charge on any atom is 0.334 e. The second kappa shape index (κ2) is 13.2. The van der Waals surface area contributed by atoms with Gasteiger partial charge in [-0.25, -0.2) is 4.79 Å². The van der Waals surface area contributed by atoms with Gasteiger partial charge in [0.05, 0.1) is 11.7 Å². The van der Waals surface area contributed by atoms with Gasteiger partial charge in [0.25, 0.3) is 0 Å². The Labute approximate surface area is 152 Å². The van der Waals surface area contributed by atoms with Crippen LogP contribution in [0.25, 0.3) is 0 Å². The van der Waals surface area contributed by atoms with E-state index in [1.54, 1.807) is 0 Å². The molecule has 0 amide bonds. The summed E-state index contributed by atoms with van der Waals surface area (Å²) in [6.07, 6.45) is 10.1. The molecular formula is C20H36O5. The Kier molecular flexibility index (Phi) is 11.6. The van der Waals surface area contributed by atoms with Crippen molar-refractivity contribution in [1.82, 2.24) is 0 Å². The van der Waals surface area contributed by atoms with Crippen LogP contribution in [0.1, 0.15) is 90.9 Å². The first kappa shape index (κ1) is 22.0. The van der Waals surface area contributed by atoms with Crippen molar-refractivity contribution in [3.05, 3.63) is 11.3 Å². The molecule has 0 bridgehead atoms. The highest BCUT2D eigenvalue weighted by Gasteiger charge is 2.23. The molecule has 1 aliphatic heterocycles. The first-order chi connectivity index (χ1) is 12.1. The second-order valence-electron chi connectivity index (χ2n) is 6.94. The predicted octanol–water partition coefficient (Wildman–Crippen LogP) is 5.35. The lowest BCUT2D eigenvalue weighted by atomic mass is 10.0. The molecule has 5 nitrogen and oxygen atoms in total. The van der Waals surface area contributed by atoms with Gasteiger partial charge in [-0.2, -0.15) is 0 Å². The van der Waals surface area contributed by atoms with Gasteiger partial charge in [0, 0.05) is 13.0 Å². The van der Waals surface area contributed by atoms with E-state index in [2.05, 4.69) is 13.8 Å². The third kappa shape index (κ3) is 9.26. The number of ether oxygens (including phenoxy) is 2. The van der Waals surface area contributed by atoms with E-state index in [9.17, 15) is 15.0 Å². The molecule has 1 saturated heterocycles. The van der Waals surface area contributed by atoms with E-state index in [0.29, 0.717) is 13.0 Å². The summed E-state index contributed by atoms with van der Waals surface area (Å²) in [5.41, 5.74) is 0.144. The Bertz CT molecular complexity index is 399. The van der Waals surface area contributed by atoms with Crippen molar-refractivity contribution in [3.63, 3.8) is 0 Å². The highest BCUT2D eigenvalue weighted by molar-refractivity contribution is 5.87. The number of unbranched alkanes of at least 4 members (excludes halogenated alkanes) is 4. The van der Waals surface area contributed by atoms with E-state index in [4.69, 9.17) is 9.47 Å². The lowest BCUT2D eigenvalue weighted by molar-refractivity contribution is -0.190. The molecule has 1 heterocycles. The van der Waals surface area contributed by atoms with Crippen molar-refractivity contribution in [2.75, 3.05) is 6.61 Å². The van der Waals surface area contributed by atoms with Gasteiger partial charge in [-0.05, 0) is 38.5 Å². The summed E-state index contributed by atoms with van der Waals surface area (Å²) in [6, 6.07) is 0. The van der Waals surface area contributed by atoms with Crippen molar-refractivity contribution >= 4 is 5.97 Å². The van der Waals surface area contributed by atoms with Gasteiger partial charge >= 0.3 is 5.97 Å². The molecule has 25 heavy (non-hydrogen) atoms. The highest BCUT2D eigenvalue weighted by Crippen LogP contribution is 2.24. The number of aliphatic hydroxyl groups is 1. The number of hydrogen-bond donors (Lipinski definition) is 2. The smallest absolute Gasteiger partial charge is 0.334 e. The summed E-state index contributed by atoms with van der Waals surface area (Å²) in [4.78, 5) is 11.5. The minimum Gasteiger partial charge on any atom is -0.512 e. The molecular weight excluding hydrogens is 320 g/mol. The van der Waals surface area contributed by atoms with Gasteiger partial charge in [0.15, 0.2) is 6.29 Å². The molecule has 0 spiro atoms. The average Bonchev–Trinajstić information content (AvgIpc) is 2.60. The van der Waals surface area contributed by atoms with Crippen LogP contribution >= 0.6 is 0 Å². The molecule has 0 aromatic rings. The van der Waals surface area contributed by atoms with E-state index < -0.39 is 5.97 Å². The van der Waals surface area contributed by atoms with E-state index in [1.165, 1.54) is 0 Å². The number of hydrogen-bond acceptors (Lipinski definition) is 4. The van der Waals surface area contributed by atoms with Crippen molar-refractivity contribution in [2.45, 2.75) is 103 Å². The number of rotatable bonds is 13. The molecule has 2 atom stereocenters. The Morgan fingerprint density at radius 3 is 2.48 bits per heavy atom. The molecule has 0 aromatic heterocycles. The van der Waals surface area contributed by atoms with Crippen molar-refractivity contribution in [2.24, 2.45) is 0 Å². The van der Waals surface area contributed by atoms with Gasteiger partial charge in [-0.15, -0.1) is 0 Å². The van der Waals surface area contributed by atoms with Crippen LogP contribution in [-0.4, -0.2) is 35.2 Å². The van der Waals surface area contributed by atoms with E-state index in [-0.39, 0.29) is 30.1 Å². The van der Waals surface area contributed by atoms with Crippen LogP contribution in [0.15, 0.2) is 11.3 Å². The molecule has 146 valence electrons. The van der Waals surface area contributed by atoms with Crippen LogP contribution in [-0.2, 0) is 14.3 Å². The zero-order valence-electron chi connectivity index (χ0n) is 16.0. The highest BCUT2D eigenvalue weighted by atomic mass is 16.7. The first-order valence-corrected chi connectivity index (χ1v) is 9.99. The molecule has 1 unspecified atom stereocenters. The van der Waals surface area contributed by atoms with Crippen molar-refractivity contribution in [3.8, 4) is 0 Å². The number of carboxylic acids is 1. The van der Waals surface area contributed by atoms with E-state index in [0.717, 1.165) is 64.2 Å². The van der Waals surface area contributed by atoms with Gasteiger partial charge < -0.3 is 19.7 Å². The largest absolute Gasteiger partial charge is 0.512 e. The maximum atomic E-state index is 11.5. The normalized spacial score (nSPS) is 20.2. The lowest BCUT2D eigenvalue weighted by Crippen LogP contribution is -2.28. The van der Waals surface area contributed by atoms with Gasteiger partial charge in [0.2, 0.25) is 0 Å². The minimum absolute atomic E-state index is 0.0269. The second-order valence-corrected chi connectivity index (χ2v) is 6.94. The topological polar surface area (TPSA) is 76.0 Å². The summed E-state index contributed by atoms with van der Waals surface area (Å²) in [7, 11) is 0. The monoisotopic (exact) mass is 356 g/mol. The number of aliphatic hydroxyl groups excluding tert-OH is 1. The predicted molar refractivity (Wildman–Crippen MR) is 98.7 cm³/mol. The van der Waals surface area contributed by atoms with Gasteiger partial charge in [-0.3, -0.25) is 0 Å². The SMILES string of the molecule is CCCCCCC(C(=O)O)=C(O)CC(CCCC)O[C@@H]1CCCCO1. The minimum atomic E-state index is -1.02. The van der Waals surface area contributed by atoms with E-state index in [1.807, 2.05) is 0 Å². The van der Waals surface area contributed by atoms with Gasteiger partial charge in [-0.1, -0.05) is 46.0 Å². The average molecular weight is 357 g/mol. The Balaban J connectivity index is 2.66. The van der Waals surface area contributed by atoms with Crippen molar-refractivity contribution < 1.29 is 24.5 Å². The summed E-state index contributed by atoms with van der Waals surface area (Å²) < 4.78 is 11.7. The number of carboxylic acid groups (broad SMARTS) is 1. The fraction of sp³-hybridized carbons (Fsp3) is 0.850. The molecule has 2 N–H and O–H groups in total. The molecule has 0 aliphatic carbocycles. The Hall–Kier alpha value is -1.07. The van der Waals surface area contributed by atoms with Crippen LogP contribution in [0, 0.1) is 0 Å². The van der Waals surface area contributed by atoms with Crippen LogP contribution in [0.3, 0.4) is 0 Å². The fourth-order valence-electron chi connectivity index (χ4n) is 3.13. The third-order valence-corrected chi connectivity index (χ3v) is 4.67. The molecule has 5 heteroatoms. The number of aliphatic carboxylic acids is 1. The van der Waals surface area contributed by atoms with Crippen LogP contribution in [0.5, 0.6) is 0 Å². The zero-order valence-corrected chi connectivity index (χ0v) is 16.0. The standard InChI is InChI=1S/C20H36O5/c1-3-5-7-8-12-17(20(22)23)18(21)15-16(11-6-4-2)25-19-13-9-10-14-24-19/h16,19,21H,3-15H2,1-2H3,(H,22,23)/t16?,19-/m1/s1. The van der Waals surface area contributed by atoms with Crippen molar-refractivity contribution in [1.29, 1.82) is 0 Å². The molecule has 1 fully saturated rings. The molecule has 0 aromatic carbocycles. The fourth-order valence-corrected chi connectivity index (χ4v) is 3.13. The number of carbonyl (C=O) groups is 1. The lowest BCUT2D eigenvalue weighted by Gasteiger charge is -2.28. The maximum absolute atomic E-state index is 11.5. The summed E-state index contributed by atoms with van der Waals surface area (Å²) in [5.74, 6) is -1.04. The summed E-state index contributed by atoms with van der Waals surface area (Å²) >= 11 is 0. The summed E-state index contributed by atoms with van der Waals surface area (Å²) in [5, 5.41) is 19.8.